The number of carbonyl (C=O) groups is 1. The summed E-state index contributed by atoms with van der Waals surface area (Å²) < 4.78 is 15.0. The minimum atomic E-state index is -0.954. The predicted octanol–water partition coefficient (Wildman–Crippen LogP) is 3.88. The van der Waals surface area contributed by atoms with Gasteiger partial charge in [-0.05, 0) is 30.7 Å². The summed E-state index contributed by atoms with van der Waals surface area (Å²) >= 11 is 1.16. The molecule has 0 aliphatic rings. The van der Waals surface area contributed by atoms with Crippen LogP contribution in [0.1, 0.15) is 28.7 Å². The average Bonchev–Trinajstić information content (AvgIpc) is 3.00. The molecule has 108 valence electrons. The van der Waals surface area contributed by atoms with Crippen LogP contribution in [0.5, 0.6) is 0 Å². The molecule has 0 aliphatic carbocycles. The zero-order chi connectivity index (χ0) is 15.0. The quantitative estimate of drug-likeness (QED) is 0.796. The molecule has 1 aromatic carbocycles. The van der Waals surface area contributed by atoms with Crippen LogP contribution in [0.3, 0.4) is 0 Å². The van der Waals surface area contributed by atoms with Crippen molar-refractivity contribution in [1.29, 1.82) is 0 Å². The van der Waals surface area contributed by atoms with Crippen LogP contribution in [-0.4, -0.2) is 20.9 Å². The summed E-state index contributed by atoms with van der Waals surface area (Å²) in [5.41, 5.74) is 1.45. The van der Waals surface area contributed by atoms with Crippen molar-refractivity contribution in [1.82, 2.24) is 9.78 Å². The summed E-state index contributed by atoms with van der Waals surface area (Å²) in [6.07, 6.45) is 1.67. The maximum atomic E-state index is 13.4. The summed E-state index contributed by atoms with van der Waals surface area (Å²) in [7, 11) is 0. The predicted molar refractivity (Wildman–Crippen MR) is 79.9 cm³/mol. The smallest absolute Gasteiger partial charge is 0.345 e. The molecule has 1 N–H and O–H groups in total. The van der Waals surface area contributed by atoms with Crippen LogP contribution in [0.2, 0.25) is 0 Å². The van der Waals surface area contributed by atoms with Crippen LogP contribution in [0, 0.1) is 5.82 Å². The summed E-state index contributed by atoms with van der Waals surface area (Å²) in [4.78, 5) is 12.2. The third kappa shape index (κ3) is 2.42. The molecule has 21 heavy (non-hydrogen) atoms. The molecule has 6 heteroatoms. The standard InChI is InChI=1S/C15H13FN2O2S/c1-2-4-12-11-8-13(15(19)20)21-14(11)18(17-12)10-6-3-5-9(16)7-10/h3,5-8H,2,4H2,1H3,(H,19,20). The molecule has 0 bridgehead atoms. The minimum Gasteiger partial charge on any atom is -0.477 e. The highest BCUT2D eigenvalue weighted by molar-refractivity contribution is 7.20. The lowest BCUT2D eigenvalue weighted by Crippen LogP contribution is -1.98. The molecule has 0 fully saturated rings. The van der Waals surface area contributed by atoms with Gasteiger partial charge >= 0.3 is 5.97 Å². The first-order valence-electron chi connectivity index (χ1n) is 6.61. The van der Waals surface area contributed by atoms with Gasteiger partial charge in [0.25, 0.3) is 0 Å². The average molecular weight is 304 g/mol. The molecule has 0 spiro atoms. The van der Waals surface area contributed by atoms with Gasteiger partial charge in [-0.2, -0.15) is 5.10 Å². The topological polar surface area (TPSA) is 55.1 Å². The van der Waals surface area contributed by atoms with Gasteiger partial charge in [-0.1, -0.05) is 19.4 Å². The zero-order valence-electron chi connectivity index (χ0n) is 11.3. The summed E-state index contributed by atoms with van der Waals surface area (Å²) in [6.45, 7) is 2.04. The molecule has 0 atom stereocenters. The first-order chi connectivity index (χ1) is 10.1. The lowest BCUT2D eigenvalue weighted by molar-refractivity contribution is 0.0702. The van der Waals surface area contributed by atoms with Crippen molar-refractivity contribution in [3.63, 3.8) is 0 Å². The molecule has 0 saturated carbocycles. The van der Waals surface area contributed by atoms with Crippen molar-refractivity contribution in [2.75, 3.05) is 0 Å². The van der Waals surface area contributed by atoms with E-state index in [0.29, 0.717) is 5.69 Å². The largest absolute Gasteiger partial charge is 0.477 e. The van der Waals surface area contributed by atoms with Crippen molar-refractivity contribution < 1.29 is 14.3 Å². The van der Waals surface area contributed by atoms with Gasteiger partial charge in [0, 0.05) is 5.39 Å². The number of hydrogen-bond acceptors (Lipinski definition) is 3. The van der Waals surface area contributed by atoms with E-state index >= 15 is 0 Å². The van der Waals surface area contributed by atoms with Crippen LogP contribution in [-0.2, 0) is 6.42 Å². The summed E-state index contributed by atoms with van der Waals surface area (Å²) in [5, 5.41) is 14.5. The molecule has 4 nitrogen and oxygen atoms in total. The molecular weight excluding hydrogens is 291 g/mol. The molecule has 0 amide bonds. The highest BCUT2D eigenvalue weighted by atomic mass is 32.1. The van der Waals surface area contributed by atoms with Crippen LogP contribution >= 0.6 is 11.3 Å². The number of thiophene rings is 1. The van der Waals surface area contributed by atoms with Gasteiger partial charge in [0.1, 0.15) is 15.5 Å². The normalized spacial score (nSPS) is 11.1. The Morgan fingerprint density at radius 1 is 1.43 bits per heavy atom. The fourth-order valence-electron chi connectivity index (χ4n) is 2.28. The van der Waals surface area contributed by atoms with E-state index in [9.17, 15) is 9.18 Å². The lowest BCUT2D eigenvalue weighted by atomic mass is 10.2. The van der Waals surface area contributed by atoms with Gasteiger partial charge in [-0.25, -0.2) is 13.9 Å². The maximum absolute atomic E-state index is 13.4. The Morgan fingerprint density at radius 3 is 2.90 bits per heavy atom. The molecule has 3 aromatic rings. The number of rotatable bonds is 4. The van der Waals surface area contributed by atoms with E-state index < -0.39 is 5.97 Å². The van der Waals surface area contributed by atoms with Gasteiger partial charge in [0.15, 0.2) is 0 Å². The van der Waals surface area contributed by atoms with Crippen LogP contribution in [0.4, 0.5) is 4.39 Å². The molecule has 2 heterocycles. The van der Waals surface area contributed by atoms with E-state index in [-0.39, 0.29) is 10.7 Å². The summed E-state index contributed by atoms with van der Waals surface area (Å²) in [6, 6.07) is 7.78. The second-order valence-corrected chi connectivity index (χ2v) is 5.75. The van der Waals surface area contributed by atoms with Gasteiger partial charge in [-0.3, -0.25) is 0 Å². The van der Waals surface area contributed by atoms with Crippen molar-refractivity contribution in [2.45, 2.75) is 19.8 Å². The molecule has 0 unspecified atom stereocenters. The van der Waals surface area contributed by atoms with Crippen molar-refractivity contribution >= 4 is 27.5 Å². The molecule has 0 radical (unpaired) electrons. The zero-order valence-corrected chi connectivity index (χ0v) is 12.2. The van der Waals surface area contributed by atoms with E-state index in [2.05, 4.69) is 5.10 Å². The minimum absolute atomic E-state index is 0.268. The number of aryl methyl sites for hydroxylation is 1. The third-order valence-corrected chi connectivity index (χ3v) is 4.29. The van der Waals surface area contributed by atoms with Gasteiger partial charge < -0.3 is 5.11 Å². The van der Waals surface area contributed by atoms with E-state index in [1.165, 1.54) is 12.1 Å². The third-order valence-electron chi connectivity index (χ3n) is 3.19. The first-order valence-corrected chi connectivity index (χ1v) is 7.42. The second kappa shape index (κ2) is 5.29. The van der Waals surface area contributed by atoms with Gasteiger partial charge in [-0.15, -0.1) is 11.3 Å². The first kappa shape index (κ1) is 13.8. The Kier molecular flexibility index (Phi) is 3.47. The Morgan fingerprint density at radius 2 is 2.24 bits per heavy atom. The SMILES string of the molecule is CCCc1nn(-c2cccc(F)c2)c2sc(C(=O)O)cc12. The molecule has 3 rings (SSSR count). The van der Waals surface area contributed by atoms with Crippen LogP contribution in [0.25, 0.3) is 15.9 Å². The number of carboxylic acids is 1. The van der Waals surface area contributed by atoms with E-state index in [1.807, 2.05) is 6.92 Å². The Bertz CT molecular complexity index is 822. The molecular formula is C15H13FN2O2S. The molecule has 0 saturated heterocycles. The van der Waals surface area contributed by atoms with Gasteiger partial charge in [0.2, 0.25) is 0 Å². The fourth-order valence-corrected chi connectivity index (χ4v) is 3.27. The number of fused-ring (bicyclic) bond motifs is 1. The van der Waals surface area contributed by atoms with Crippen LogP contribution < -0.4 is 0 Å². The van der Waals surface area contributed by atoms with E-state index in [4.69, 9.17) is 5.11 Å². The molecule has 0 aliphatic heterocycles. The number of benzene rings is 1. The Labute approximate surface area is 124 Å². The Balaban J connectivity index is 2.24. The number of carboxylic acid groups (broad SMARTS) is 1. The second-order valence-electron chi connectivity index (χ2n) is 4.72. The number of aromatic nitrogens is 2. The lowest BCUT2D eigenvalue weighted by Gasteiger charge is -2.02. The highest BCUT2D eigenvalue weighted by Gasteiger charge is 2.18. The van der Waals surface area contributed by atoms with Crippen molar-refractivity contribution in [2.24, 2.45) is 0 Å². The number of hydrogen-bond donors (Lipinski definition) is 1. The van der Waals surface area contributed by atoms with E-state index in [1.54, 1.807) is 22.9 Å². The van der Waals surface area contributed by atoms with Crippen molar-refractivity contribution in [3.05, 3.63) is 46.7 Å². The van der Waals surface area contributed by atoms with E-state index in [0.717, 1.165) is 40.1 Å². The number of halogens is 1. The van der Waals surface area contributed by atoms with Crippen molar-refractivity contribution in [3.8, 4) is 5.69 Å². The number of nitrogens with zero attached hydrogens (tertiary/aromatic N) is 2. The summed E-state index contributed by atoms with van der Waals surface area (Å²) in [5.74, 6) is -1.30. The highest BCUT2D eigenvalue weighted by Crippen LogP contribution is 2.31. The number of aromatic carboxylic acids is 1. The fraction of sp³-hybridized carbons (Fsp3) is 0.200. The Hall–Kier alpha value is -2.21. The van der Waals surface area contributed by atoms with Gasteiger partial charge in [0.05, 0.1) is 11.4 Å². The monoisotopic (exact) mass is 304 g/mol. The maximum Gasteiger partial charge on any atom is 0.345 e. The van der Waals surface area contributed by atoms with Crippen LogP contribution in [0.15, 0.2) is 30.3 Å². The molecule has 2 aromatic heterocycles.